The number of piperazine rings is 1. The average Bonchev–Trinajstić information content (AvgIpc) is 2.03. The molecule has 1 heterocycles. The van der Waals surface area contributed by atoms with E-state index in [-0.39, 0.29) is 0 Å². The molecule has 0 spiro atoms. The molecule has 2 nitrogen and oxygen atoms in total. The predicted octanol–water partition coefficient (Wildman–Crippen LogP) is 2.06. The maximum Gasteiger partial charge on any atom is 0.0202 e. The fourth-order valence-electron chi connectivity index (χ4n) is 1.84. The van der Waals surface area contributed by atoms with Crippen molar-refractivity contribution in [2.45, 2.75) is 40.2 Å². The highest BCUT2D eigenvalue weighted by atomic mass is 15.3. The fraction of sp³-hybridized carbons (Fsp3) is 1.00. The molecular formula is C12H26N2. The standard InChI is InChI=1S/C12H26N2/c1-11(2,3)12(4,5)14-9-7-13(6)8-10-14/h7-10H2,1-6H3. The molecule has 0 aromatic carbocycles. The topological polar surface area (TPSA) is 6.48 Å². The average molecular weight is 198 g/mol. The summed E-state index contributed by atoms with van der Waals surface area (Å²) in [5, 5.41) is 0. The van der Waals surface area contributed by atoms with Gasteiger partial charge in [0.15, 0.2) is 0 Å². The van der Waals surface area contributed by atoms with Crippen molar-refractivity contribution in [3.8, 4) is 0 Å². The van der Waals surface area contributed by atoms with Crippen LogP contribution in [0.1, 0.15) is 34.6 Å². The fourth-order valence-corrected chi connectivity index (χ4v) is 1.84. The summed E-state index contributed by atoms with van der Waals surface area (Å²) in [7, 11) is 2.21. The molecule has 1 fully saturated rings. The minimum Gasteiger partial charge on any atom is -0.304 e. The second-order valence-electron chi connectivity index (χ2n) is 6.10. The van der Waals surface area contributed by atoms with Gasteiger partial charge in [0.1, 0.15) is 0 Å². The van der Waals surface area contributed by atoms with Crippen LogP contribution >= 0.6 is 0 Å². The van der Waals surface area contributed by atoms with E-state index in [1.165, 1.54) is 26.2 Å². The molecule has 0 aliphatic carbocycles. The van der Waals surface area contributed by atoms with Crippen LogP contribution < -0.4 is 0 Å². The molecule has 0 unspecified atom stereocenters. The minimum absolute atomic E-state index is 0.300. The van der Waals surface area contributed by atoms with Gasteiger partial charge < -0.3 is 4.90 Å². The third-order valence-corrected chi connectivity index (χ3v) is 4.13. The van der Waals surface area contributed by atoms with Crippen molar-refractivity contribution in [2.24, 2.45) is 5.41 Å². The van der Waals surface area contributed by atoms with Gasteiger partial charge in [-0.15, -0.1) is 0 Å². The smallest absolute Gasteiger partial charge is 0.0202 e. The SMILES string of the molecule is CN1CCN(C(C)(C)C(C)(C)C)CC1. The molecule has 0 atom stereocenters. The maximum absolute atomic E-state index is 2.63. The Morgan fingerprint density at radius 2 is 1.21 bits per heavy atom. The number of nitrogens with zero attached hydrogens (tertiary/aromatic N) is 2. The zero-order valence-electron chi connectivity index (χ0n) is 10.7. The highest BCUT2D eigenvalue weighted by Crippen LogP contribution is 2.35. The first-order valence-corrected chi connectivity index (χ1v) is 5.69. The van der Waals surface area contributed by atoms with Crippen molar-refractivity contribution in [1.29, 1.82) is 0 Å². The van der Waals surface area contributed by atoms with Crippen LogP contribution in [0.25, 0.3) is 0 Å². The second kappa shape index (κ2) is 3.82. The Labute approximate surface area is 89.3 Å². The van der Waals surface area contributed by atoms with Crippen LogP contribution in [-0.2, 0) is 0 Å². The van der Waals surface area contributed by atoms with Crippen LogP contribution in [0.4, 0.5) is 0 Å². The van der Waals surface area contributed by atoms with Gasteiger partial charge in [-0.2, -0.15) is 0 Å². The molecule has 1 rings (SSSR count). The van der Waals surface area contributed by atoms with E-state index >= 15 is 0 Å². The monoisotopic (exact) mass is 198 g/mol. The van der Waals surface area contributed by atoms with Gasteiger partial charge in [0.2, 0.25) is 0 Å². The van der Waals surface area contributed by atoms with Crippen molar-refractivity contribution in [1.82, 2.24) is 9.80 Å². The van der Waals surface area contributed by atoms with E-state index in [1.807, 2.05) is 0 Å². The third-order valence-electron chi connectivity index (χ3n) is 4.13. The van der Waals surface area contributed by atoms with E-state index in [0.29, 0.717) is 11.0 Å². The predicted molar refractivity (Wildman–Crippen MR) is 62.6 cm³/mol. The van der Waals surface area contributed by atoms with Gasteiger partial charge in [0.25, 0.3) is 0 Å². The van der Waals surface area contributed by atoms with E-state index < -0.39 is 0 Å². The second-order valence-corrected chi connectivity index (χ2v) is 6.10. The van der Waals surface area contributed by atoms with Crippen molar-refractivity contribution in [3.05, 3.63) is 0 Å². The molecule has 0 saturated carbocycles. The van der Waals surface area contributed by atoms with Crippen molar-refractivity contribution in [2.75, 3.05) is 33.2 Å². The van der Waals surface area contributed by atoms with Crippen molar-refractivity contribution >= 4 is 0 Å². The molecule has 0 aromatic rings. The highest BCUT2D eigenvalue weighted by molar-refractivity contribution is 4.94. The first-order valence-electron chi connectivity index (χ1n) is 5.69. The van der Waals surface area contributed by atoms with Crippen molar-refractivity contribution < 1.29 is 0 Å². The summed E-state index contributed by atoms with van der Waals surface area (Å²) < 4.78 is 0. The van der Waals surface area contributed by atoms with Crippen LogP contribution in [0, 0.1) is 5.41 Å². The number of hydrogen-bond donors (Lipinski definition) is 0. The molecule has 1 saturated heterocycles. The molecule has 0 N–H and O–H groups in total. The molecule has 0 radical (unpaired) electrons. The molecule has 0 aromatic heterocycles. The molecule has 1 aliphatic heterocycles. The summed E-state index contributed by atoms with van der Waals surface area (Å²) in [4.78, 5) is 5.04. The van der Waals surface area contributed by atoms with Gasteiger partial charge in [-0.3, -0.25) is 4.90 Å². The Balaban J connectivity index is 2.65. The van der Waals surface area contributed by atoms with Crippen LogP contribution in [0.5, 0.6) is 0 Å². The molecular weight excluding hydrogens is 172 g/mol. The largest absolute Gasteiger partial charge is 0.304 e. The Bertz CT molecular complexity index is 183. The number of hydrogen-bond acceptors (Lipinski definition) is 2. The quantitative estimate of drug-likeness (QED) is 0.636. The molecule has 1 aliphatic rings. The Kier molecular flexibility index (Phi) is 3.27. The molecule has 0 amide bonds. The lowest BCUT2D eigenvalue weighted by Crippen LogP contribution is -2.58. The molecule has 2 heteroatoms. The van der Waals surface area contributed by atoms with Gasteiger partial charge in [0.05, 0.1) is 0 Å². The number of likely N-dealkylation sites (N-methyl/N-ethyl adjacent to an activating group) is 1. The van der Waals surface area contributed by atoms with Gasteiger partial charge >= 0.3 is 0 Å². The molecule has 84 valence electrons. The van der Waals surface area contributed by atoms with Crippen molar-refractivity contribution in [3.63, 3.8) is 0 Å². The highest BCUT2D eigenvalue weighted by Gasteiger charge is 2.38. The zero-order valence-corrected chi connectivity index (χ0v) is 10.7. The third kappa shape index (κ3) is 2.29. The van der Waals surface area contributed by atoms with E-state index in [9.17, 15) is 0 Å². The first kappa shape index (κ1) is 12.0. The summed E-state index contributed by atoms with van der Waals surface area (Å²) in [5.41, 5.74) is 0.650. The molecule has 0 bridgehead atoms. The summed E-state index contributed by atoms with van der Waals surface area (Å²) in [6, 6.07) is 0. The lowest BCUT2D eigenvalue weighted by molar-refractivity contribution is -0.00768. The van der Waals surface area contributed by atoms with Gasteiger partial charge in [-0.1, -0.05) is 20.8 Å². The number of rotatable bonds is 1. The van der Waals surface area contributed by atoms with Gasteiger partial charge in [-0.05, 0) is 26.3 Å². The van der Waals surface area contributed by atoms with Crippen LogP contribution in [0.15, 0.2) is 0 Å². The molecule has 14 heavy (non-hydrogen) atoms. The van der Waals surface area contributed by atoms with E-state index in [1.54, 1.807) is 0 Å². The Morgan fingerprint density at radius 3 is 1.57 bits per heavy atom. The van der Waals surface area contributed by atoms with E-state index in [2.05, 4.69) is 51.5 Å². The summed E-state index contributed by atoms with van der Waals surface area (Å²) in [6.45, 7) is 16.6. The zero-order chi connectivity index (χ0) is 11.0. The summed E-state index contributed by atoms with van der Waals surface area (Å²) in [6.07, 6.45) is 0. The Hall–Kier alpha value is -0.0800. The summed E-state index contributed by atoms with van der Waals surface area (Å²) in [5.74, 6) is 0. The minimum atomic E-state index is 0.300. The van der Waals surface area contributed by atoms with E-state index in [0.717, 1.165) is 0 Å². The van der Waals surface area contributed by atoms with E-state index in [4.69, 9.17) is 0 Å². The normalized spacial score (nSPS) is 22.7. The lowest BCUT2D eigenvalue weighted by atomic mass is 9.75. The van der Waals surface area contributed by atoms with Gasteiger partial charge in [0, 0.05) is 31.7 Å². The van der Waals surface area contributed by atoms with Crippen LogP contribution in [0.2, 0.25) is 0 Å². The summed E-state index contributed by atoms with van der Waals surface area (Å²) >= 11 is 0. The Morgan fingerprint density at radius 1 is 0.786 bits per heavy atom. The lowest BCUT2D eigenvalue weighted by Gasteiger charge is -2.50. The first-order chi connectivity index (χ1) is 6.25. The van der Waals surface area contributed by atoms with Crippen LogP contribution in [-0.4, -0.2) is 48.6 Å². The van der Waals surface area contributed by atoms with Gasteiger partial charge in [-0.25, -0.2) is 0 Å². The maximum atomic E-state index is 2.63. The van der Waals surface area contributed by atoms with Crippen LogP contribution in [0.3, 0.4) is 0 Å².